The Morgan fingerprint density at radius 2 is 1.83 bits per heavy atom. The average molecular weight is 404 g/mol. The largest absolute Gasteiger partial charge is 0.325 e. The molecule has 4 rings (SSSR count). The normalized spacial score (nSPS) is 12.1. The molecule has 0 fully saturated rings. The van der Waals surface area contributed by atoms with Crippen LogP contribution in [0.2, 0.25) is 0 Å². The van der Waals surface area contributed by atoms with Crippen LogP contribution in [0.3, 0.4) is 0 Å². The number of fused-ring (bicyclic) bond motifs is 1. The summed E-state index contributed by atoms with van der Waals surface area (Å²) in [5.74, 6) is -0.0965. The van der Waals surface area contributed by atoms with Gasteiger partial charge < -0.3 is 5.32 Å². The molecular weight excluding hydrogens is 382 g/mol. The van der Waals surface area contributed by atoms with E-state index in [0.29, 0.717) is 5.16 Å². The Morgan fingerprint density at radius 3 is 2.66 bits per heavy atom. The molecule has 3 aromatic carbocycles. The zero-order chi connectivity index (χ0) is 20.4. The minimum atomic E-state index is -0.365. The van der Waals surface area contributed by atoms with Gasteiger partial charge in [0.05, 0.1) is 10.9 Å². The van der Waals surface area contributed by atoms with Crippen molar-refractivity contribution < 1.29 is 4.79 Å². The molecule has 0 bridgehead atoms. The molecule has 1 amide bonds. The number of carbonyl (C=O) groups is 1. The molecule has 6 nitrogen and oxygen atoms in total. The highest BCUT2D eigenvalue weighted by Crippen LogP contribution is 2.26. The topological polar surface area (TPSA) is 72.7 Å². The number of hydrogen-bond acceptors (Lipinski definition) is 5. The van der Waals surface area contributed by atoms with E-state index in [2.05, 4.69) is 26.9 Å². The van der Waals surface area contributed by atoms with E-state index in [1.807, 2.05) is 75.4 Å². The third-order valence-corrected chi connectivity index (χ3v) is 5.74. The second-order valence-electron chi connectivity index (χ2n) is 6.97. The summed E-state index contributed by atoms with van der Waals surface area (Å²) in [7, 11) is 0. The lowest BCUT2D eigenvalue weighted by atomic mass is 10.1. The molecule has 146 valence electrons. The van der Waals surface area contributed by atoms with Gasteiger partial charge in [0.25, 0.3) is 0 Å². The van der Waals surface area contributed by atoms with E-state index in [1.165, 1.54) is 11.8 Å². The number of thioether (sulfide) groups is 1. The number of amides is 1. The number of aromatic nitrogens is 4. The highest BCUT2D eigenvalue weighted by molar-refractivity contribution is 8.00. The van der Waals surface area contributed by atoms with Crippen LogP contribution in [0.25, 0.3) is 16.5 Å². The van der Waals surface area contributed by atoms with E-state index in [-0.39, 0.29) is 11.2 Å². The minimum Gasteiger partial charge on any atom is -0.325 e. The summed E-state index contributed by atoms with van der Waals surface area (Å²) < 4.78 is 1.69. The number of benzene rings is 3. The quantitative estimate of drug-likeness (QED) is 0.495. The van der Waals surface area contributed by atoms with Crippen LogP contribution >= 0.6 is 11.8 Å². The second-order valence-corrected chi connectivity index (χ2v) is 8.28. The predicted molar refractivity (Wildman–Crippen MR) is 117 cm³/mol. The highest BCUT2D eigenvalue weighted by Gasteiger charge is 2.20. The maximum Gasteiger partial charge on any atom is 0.237 e. The fraction of sp³-hybridized carbons (Fsp3) is 0.182. The van der Waals surface area contributed by atoms with E-state index < -0.39 is 0 Å². The van der Waals surface area contributed by atoms with Crippen molar-refractivity contribution in [2.24, 2.45) is 0 Å². The number of tetrazole rings is 1. The lowest BCUT2D eigenvalue weighted by Crippen LogP contribution is -2.23. The van der Waals surface area contributed by atoms with Gasteiger partial charge in [-0.1, -0.05) is 54.2 Å². The minimum absolute atomic E-state index is 0.0965. The molecule has 0 saturated carbocycles. The molecule has 4 aromatic rings. The van der Waals surface area contributed by atoms with Crippen LogP contribution in [0.4, 0.5) is 5.69 Å². The highest BCUT2D eigenvalue weighted by atomic mass is 32.2. The van der Waals surface area contributed by atoms with Gasteiger partial charge in [-0.2, -0.15) is 4.68 Å². The van der Waals surface area contributed by atoms with E-state index in [9.17, 15) is 4.79 Å². The molecule has 0 aliphatic carbocycles. The Bertz CT molecular complexity index is 1190. The van der Waals surface area contributed by atoms with Gasteiger partial charge in [-0.25, -0.2) is 0 Å². The summed E-state index contributed by atoms with van der Waals surface area (Å²) >= 11 is 1.33. The van der Waals surface area contributed by atoms with Crippen molar-refractivity contribution in [2.75, 3.05) is 5.32 Å². The standard InChI is InChI=1S/C22H21N5OS/c1-14-8-9-15(2)20(12-14)27-22(24-25-26-27)29-16(3)21(28)23-19-11-10-17-6-4-5-7-18(17)13-19/h4-13,16H,1-3H3,(H,23,28)/t16-/m1/s1. The van der Waals surface area contributed by atoms with Gasteiger partial charge >= 0.3 is 0 Å². The first-order valence-corrected chi connectivity index (χ1v) is 10.2. The Hall–Kier alpha value is -3.19. The fourth-order valence-electron chi connectivity index (χ4n) is 3.07. The third kappa shape index (κ3) is 4.14. The smallest absolute Gasteiger partial charge is 0.237 e. The zero-order valence-corrected chi connectivity index (χ0v) is 17.3. The van der Waals surface area contributed by atoms with Crippen LogP contribution in [-0.2, 0) is 4.79 Å². The van der Waals surface area contributed by atoms with Crippen molar-refractivity contribution in [3.8, 4) is 5.69 Å². The number of hydrogen-bond donors (Lipinski definition) is 1. The molecule has 29 heavy (non-hydrogen) atoms. The van der Waals surface area contributed by atoms with Gasteiger partial charge in [0, 0.05) is 5.69 Å². The first kappa shape index (κ1) is 19.1. The molecule has 1 aromatic heterocycles. The number of nitrogens with one attached hydrogen (secondary N) is 1. The summed E-state index contributed by atoms with van der Waals surface area (Å²) in [6.45, 7) is 5.89. The second kappa shape index (κ2) is 8.05. The van der Waals surface area contributed by atoms with Crippen molar-refractivity contribution in [2.45, 2.75) is 31.2 Å². The molecule has 0 aliphatic heterocycles. The monoisotopic (exact) mass is 403 g/mol. The van der Waals surface area contributed by atoms with Gasteiger partial charge in [0.15, 0.2) is 0 Å². The number of nitrogens with zero attached hydrogens (tertiary/aromatic N) is 4. The van der Waals surface area contributed by atoms with Crippen LogP contribution in [0.5, 0.6) is 0 Å². The Morgan fingerprint density at radius 1 is 1.03 bits per heavy atom. The van der Waals surface area contributed by atoms with Gasteiger partial charge in [-0.3, -0.25) is 4.79 Å². The number of carbonyl (C=O) groups excluding carboxylic acids is 1. The van der Waals surface area contributed by atoms with E-state index in [4.69, 9.17) is 0 Å². The Kier molecular flexibility index (Phi) is 5.31. The summed E-state index contributed by atoms with van der Waals surface area (Å²) in [4.78, 5) is 12.7. The van der Waals surface area contributed by atoms with Crippen LogP contribution in [0.1, 0.15) is 18.1 Å². The summed E-state index contributed by atoms with van der Waals surface area (Å²) in [6.07, 6.45) is 0. The Balaban J connectivity index is 1.51. The first-order chi connectivity index (χ1) is 14.0. The van der Waals surface area contributed by atoms with Crippen LogP contribution < -0.4 is 5.32 Å². The fourth-order valence-corrected chi connectivity index (χ4v) is 3.87. The summed E-state index contributed by atoms with van der Waals surface area (Å²) in [6, 6.07) is 20.1. The van der Waals surface area contributed by atoms with Crippen molar-refractivity contribution in [3.05, 3.63) is 71.8 Å². The lowest BCUT2D eigenvalue weighted by Gasteiger charge is -2.13. The lowest BCUT2D eigenvalue weighted by molar-refractivity contribution is -0.115. The van der Waals surface area contributed by atoms with Crippen LogP contribution in [-0.4, -0.2) is 31.4 Å². The van der Waals surface area contributed by atoms with Crippen molar-refractivity contribution >= 4 is 34.1 Å². The molecule has 0 radical (unpaired) electrons. The number of rotatable bonds is 5. The number of aryl methyl sites for hydroxylation is 2. The Labute approximate surface area is 173 Å². The maximum absolute atomic E-state index is 12.7. The van der Waals surface area contributed by atoms with Crippen molar-refractivity contribution in [3.63, 3.8) is 0 Å². The van der Waals surface area contributed by atoms with E-state index in [0.717, 1.165) is 33.3 Å². The molecule has 1 atom stereocenters. The third-order valence-electron chi connectivity index (χ3n) is 4.70. The SMILES string of the molecule is Cc1ccc(C)c(-n2nnnc2S[C@H](C)C(=O)Nc2ccc3ccccc3c2)c1. The molecule has 0 saturated heterocycles. The molecular formula is C22H21N5OS. The van der Waals surface area contributed by atoms with Crippen molar-refractivity contribution in [1.82, 2.24) is 20.2 Å². The van der Waals surface area contributed by atoms with Crippen LogP contribution in [0.15, 0.2) is 65.8 Å². The maximum atomic E-state index is 12.7. The number of anilines is 1. The van der Waals surface area contributed by atoms with Gasteiger partial charge in [-0.05, 0) is 71.3 Å². The van der Waals surface area contributed by atoms with Gasteiger partial charge in [0.1, 0.15) is 0 Å². The summed E-state index contributed by atoms with van der Waals surface area (Å²) in [5, 5.41) is 17.5. The average Bonchev–Trinajstić information content (AvgIpc) is 3.17. The molecule has 7 heteroatoms. The molecule has 1 heterocycles. The molecule has 1 N–H and O–H groups in total. The molecule has 0 unspecified atom stereocenters. The molecule has 0 spiro atoms. The zero-order valence-electron chi connectivity index (χ0n) is 16.5. The van der Waals surface area contributed by atoms with Gasteiger partial charge in [0.2, 0.25) is 11.1 Å². The van der Waals surface area contributed by atoms with E-state index in [1.54, 1.807) is 4.68 Å². The molecule has 0 aliphatic rings. The predicted octanol–water partition coefficient (Wildman–Crippen LogP) is 4.55. The first-order valence-electron chi connectivity index (χ1n) is 9.33. The van der Waals surface area contributed by atoms with Gasteiger partial charge in [-0.15, -0.1) is 5.10 Å². The van der Waals surface area contributed by atoms with Crippen LogP contribution in [0, 0.1) is 13.8 Å². The van der Waals surface area contributed by atoms with Crippen molar-refractivity contribution in [1.29, 1.82) is 0 Å². The van der Waals surface area contributed by atoms with E-state index >= 15 is 0 Å². The summed E-state index contributed by atoms with van der Waals surface area (Å²) in [5.41, 5.74) is 3.88.